The maximum Gasteiger partial charge on any atom is 0.255 e. The van der Waals surface area contributed by atoms with E-state index in [1.165, 1.54) is 5.56 Å². The molecule has 2 amide bonds. The second kappa shape index (κ2) is 6.65. The van der Waals surface area contributed by atoms with Crippen LogP contribution in [0.5, 0.6) is 0 Å². The Morgan fingerprint density at radius 1 is 0.913 bits per heavy atom. The summed E-state index contributed by atoms with van der Waals surface area (Å²) in [5.41, 5.74) is 3.30. The maximum absolute atomic E-state index is 12.2. The highest BCUT2D eigenvalue weighted by atomic mass is 16.2. The van der Waals surface area contributed by atoms with Gasteiger partial charge in [0.1, 0.15) is 0 Å². The molecule has 1 fully saturated rings. The lowest BCUT2D eigenvalue weighted by Gasteiger charge is -2.08. The van der Waals surface area contributed by atoms with Crippen molar-refractivity contribution in [3.63, 3.8) is 0 Å². The predicted octanol–water partition coefficient (Wildman–Crippen LogP) is 3.85. The number of hydrogen-bond acceptors (Lipinski definition) is 2. The van der Waals surface area contributed by atoms with Gasteiger partial charge in [-0.15, -0.1) is 0 Å². The maximum atomic E-state index is 12.2. The third-order valence-electron chi connectivity index (χ3n) is 3.98. The van der Waals surface area contributed by atoms with E-state index in [1.807, 2.05) is 24.3 Å². The molecule has 4 nitrogen and oxygen atoms in total. The Bertz CT molecular complexity index is 701. The molecule has 118 valence electrons. The van der Waals surface area contributed by atoms with Crippen LogP contribution in [0.15, 0.2) is 48.5 Å². The fraction of sp³-hybridized carbons (Fsp3) is 0.263. The standard InChI is InChI=1S/C19H20N2O2/c1-2-13-3-9-16(10-4-13)20-19(23)15-7-11-17(12-8-15)21-18(22)14-5-6-14/h3-4,7-12,14H,2,5-6H2,1H3,(H,20,23)(H,21,22). The number of carbonyl (C=O) groups is 2. The number of nitrogens with one attached hydrogen (secondary N) is 2. The Hall–Kier alpha value is -2.62. The van der Waals surface area contributed by atoms with Crippen LogP contribution in [0.1, 0.15) is 35.7 Å². The first-order chi connectivity index (χ1) is 11.2. The molecule has 0 spiro atoms. The molecular formula is C19H20N2O2. The van der Waals surface area contributed by atoms with Crippen LogP contribution in [0, 0.1) is 5.92 Å². The highest BCUT2D eigenvalue weighted by molar-refractivity contribution is 6.04. The van der Waals surface area contributed by atoms with Crippen molar-refractivity contribution in [3.05, 3.63) is 59.7 Å². The van der Waals surface area contributed by atoms with Gasteiger partial charge in [-0.2, -0.15) is 0 Å². The molecule has 0 aromatic heterocycles. The van der Waals surface area contributed by atoms with E-state index in [0.717, 1.165) is 30.6 Å². The molecule has 2 N–H and O–H groups in total. The summed E-state index contributed by atoms with van der Waals surface area (Å²) in [6, 6.07) is 14.8. The molecule has 0 aliphatic heterocycles. The van der Waals surface area contributed by atoms with E-state index in [9.17, 15) is 9.59 Å². The van der Waals surface area contributed by atoms with E-state index in [-0.39, 0.29) is 17.7 Å². The Labute approximate surface area is 135 Å². The Kier molecular flexibility index (Phi) is 4.42. The van der Waals surface area contributed by atoms with Crippen molar-refractivity contribution < 1.29 is 9.59 Å². The van der Waals surface area contributed by atoms with Crippen LogP contribution in [-0.2, 0) is 11.2 Å². The molecule has 1 aliphatic carbocycles. The second-order valence-corrected chi connectivity index (χ2v) is 5.85. The topological polar surface area (TPSA) is 58.2 Å². The number of anilines is 2. The van der Waals surface area contributed by atoms with Gasteiger partial charge in [0.15, 0.2) is 0 Å². The monoisotopic (exact) mass is 308 g/mol. The summed E-state index contributed by atoms with van der Waals surface area (Å²) in [5.74, 6) is 0.0802. The van der Waals surface area contributed by atoms with Crippen LogP contribution in [0.3, 0.4) is 0 Å². The van der Waals surface area contributed by atoms with E-state index < -0.39 is 0 Å². The highest BCUT2D eigenvalue weighted by Gasteiger charge is 2.29. The molecule has 0 atom stereocenters. The molecule has 0 bridgehead atoms. The number of carbonyl (C=O) groups excluding carboxylic acids is 2. The molecule has 4 heteroatoms. The molecule has 0 heterocycles. The molecule has 1 saturated carbocycles. The van der Waals surface area contributed by atoms with Crippen molar-refractivity contribution in [2.45, 2.75) is 26.2 Å². The van der Waals surface area contributed by atoms with Gasteiger partial charge in [-0.25, -0.2) is 0 Å². The first kappa shape index (κ1) is 15.3. The van der Waals surface area contributed by atoms with Gasteiger partial charge in [0.2, 0.25) is 5.91 Å². The number of amides is 2. The van der Waals surface area contributed by atoms with Crippen LogP contribution in [0.25, 0.3) is 0 Å². The smallest absolute Gasteiger partial charge is 0.255 e. The molecule has 23 heavy (non-hydrogen) atoms. The largest absolute Gasteiger partial charge is 0.326 e. The Morgan fingerprint density at radius 2 is 1.48 bits per heavy atom. The van der Waals surface area contributed by atoms with Crippen molar-refractivity contribution in [2.24, 2.45) is 5.92 Å². The van der Waals surface area contributed by atoms with Gasteiger partial charge in [0.05, 0.1) is 0 Å². The molecule has 1 aliphatic rings. The van der Waals surface area contributed by atoms with Crippen LogP contribution < -0.4 is 10.6 Å². The lowest BCUT2D eigenvalue weighted by atomic mass is 10.1. The predicted molar refractivity (Wildman–Crippen MR) is 91.6 cm³/mol. The zero-order valence-electron chi connectivity index (χ0n) is 13.1. The van der Waals surface area contributed by atoms with Gasteiger partial charge >= 0.3 is 0 Å². The zero-order valence-corrected chi connectivity index (χ0v) is 13.1. The molecule has 0 unspecified atom stereocenters. The first-order valence-electron chi connectivity index (χ1n) is 7.97. The summed E-state index contributed by atoms with van der Waals surface area (Å²) in [7, 11) is 0. The average molecular weight is 308 g/mol. The van der Waals surface area contributed by atoms with E-state index in [0.29, 0.717) is 5.56 Å². The lowest BCUT2D eigenvalue weighted by molar-refractivity contribution is -0.117. The molecule has 3 rings (SSSR count). The Morgan fingerprint density at radius 3 is 2.04 bits per heavy atom. The van der Waals surface area contributed by atoms with Gasteiger partial charge in [-0.05, 0) is 61.2 Å². The summed E-state index contributed by atoms with van der Waals surface area (Å²) >= 11 is 0. The van der Waals surface area contributed by atoms with Gasteiger partial charge in [-0.1, -0.05) is 19.1 Å². The van der Waals surface area contributed by atoms with E-state index in [4.69, 9.17) is 0 Å². The number of rotatable bonds is 5. The number of hydrogen-bond donors (Lipinski definition) is 2. The van der Waals surface area contributed by atoms with Crippen LogP contribution in [-0.4, -0.2) is 11.8 Å². The van der Waals surface area contributed by atoms with Crippen molar-refractivity contribution >= 4 is 23.2 Å². The van der Waals surface area contributed by atoms with Gasteiger partial charge in [0, 0.05) is 22.9 Å². The minimum absolute atomic E-state index is 0.0678. The second-order valence-electron chi connectivity index (χ2n) is 5.85. The summed E-state index contributed by atoms with van der Waals surface area (Å²) < 4.78 is 0. The van der Waals surface area contributed by atoms with Gasteiger partial charge in [-0.3, -0.25) is 9.59 Å². The first-order valence-corrected chi connectivity index (χ1v) is 7.97. The average Bonchev–Trinajstić information content (AvgIpc) is 3.41. The Balaban J connectivity index is 1.61. The molecular weight excluding hydrogens is 288 g/mol. The molecule has 0 radical (unpaired) electrons. The fourth-order valence-electron chi connectivity index (χ4n) is 2.32. The number of aryl methyl sites for hydroxylation is 1. The molecule has 2 aromatic carbocycles. The highest BCUT2D eigenvalue weighted by Crippen LogP contribution is 2.30. The van der Waals surface area contributed by atoms with Gasteiger partial charge in [0.25, 0.3) is 5.91 Å². The number of benzene rings is 2. The summed E-state index contributed by atoms with van der Waals surface area (Å²) in [4.78, 5) is 23.9. The third kappa shape index (κ3) is 3.97. The van der Waals surface area contributed by atoms with E-state index >= 15 is 0 Å². The fourth-order valence-corrected chi connectivity index (χ4v) is 2.32. The summed E-state index contributed by atoms with van der Waals surface area (Å²) in [6.07, 6.45) is 2.93. The quantitative estimate of drug-likeness (QED) is 0.881. The van der Waals surface area contributed by atoms with Crippen LogP contribution in [0.4, 0.5) is 11.4 Å². The van der Waals surface area contributed by atoms with Crippen LogP contribution >= 0.6 is 0 Å². The van der Waals surface area contributed by atoms with E-state index in [2.05, 4.69) is 17.6 Å². The third-order valence-corrected chi connectivity index (χ3v) is 3.98. The van der Waals surface area contributed by atoms with Crippen LogP contribution in [0.2, 0.25) is 0 Å². The summed E-state index contributed by atoms with van der Waals surface area (Å²) in [5, 5.41) is 5.73. The van der Waals surface area contributed by atoms with Crippen molar-refractivity contribution in [1.29, 1.82) is 0 Å². The lowest BCUT2D eigenvalue weighted by Crippen LogP contribution is -2.14. The minimum atomic E-state index is -0.158. The van der Waals surface area contributed by atoms with Crippen molar-refractivity contribution in [3.8, 4) is 0 Å². The summed E-state index contributed by atoms with van der Waals surface area (Å²) in [6.45, 7) is 2.09. The van der Waals surface area contributed by atoms with Crippen molar-refractivity contribution in [1.82, 2.24) is 0 Å². The normalized spacial score (nSPS) is 13.4. The van der Waals surface area contributed by atoms with E-state index in [1.54, 1.807) is 24.3 Å². The molecule has 2 aromatic rings. The van der Waals surface area contributed by atoms with Crippen molar-refractivity contribution in [2.75, 3.05) is 10.6 Å². The minimum Gasteiger partial charge on any atom is -0.326 e. The van der Waals surface area contributed by atoms with Gasteiger partial charge < -0.3 is 10.6 Å². The zero-order chi connectivity index (χ0) is 16.2. The molecule has 0 saturated heterocycles. The SMILES string of the molecule is CCc1ccc(NC(=O)c2ccc(NC(=O)C3CC3)cc2)cc1.